The first-order valence-electron chi connectivity index (χ1n) is 5.92. The van der Waals surface area contributed by atoms with Crippen LogP contribution in [0.2, 0.25) is 0 Å². The lowest BCUT2D eigenvalue weighted by Crippen LogP contribution is -2.37. The summed E-state index contributed by atoms with van der Waals surface area (Å²) in [7, 11) is 0. The molecule has 1 unspecified atom stereocenters. The maximum atomic E-state index is 13.4. The molecule has 0 spiro atoms. The van der Waals surface area contributed by atoms with Gasteiger partial charge < -0.3 is 15.2 Å². The number of carbonyl (C=O) groups excluding carboxylic acids is 1. The van der Waals surface area contributed by atoms with E-state index in [0.717, 1.165) is 12.1 Å². The summed E-state index contributed by atoms with van der Waals surface area (Å²) >= 11 is 0. The molecule has 1 rings (SSSR count). The van der Waals surface area contributed by atoms with Crippen LogP contribution in [0.4, 0.5) is 8.78 Å². The highest BCUT2D eigenvalue weighted by molar-refractivity contribution is 5.78. The second-order valence-corrected chi connectivity index (χ2v) is 4.26. The van der Waals surface area contributed by atoms with Crippen molar-refractivity contribution in [2.24, 2.45) is 0 Å². The molecular weight excluding hydrogens is 272 g/mol. The van der Waals surface area contributed by atoms with Gasteiger partial charge in [-0.2, -0.15) is 0 Å². The van der Waals surface area contributed by atoms with Gasteiger partial charge in [0.1, 0.15) is 24.8 Å². The van der Waals surface area contributed by atoms with Crippen molar-refractivity contribution in [2.45, 2.75) is 19.4 Å². The second kappa shape index (κ2) is 7.54. The molecule has 20 heavy (non-hydrogen) atoms. The van der Waals surface area contributed by atoms with Crippen LogP contribution < -0.4 is 5.32 Å². The lowest BCUT2D eigenvalue weighted by molar-refractivity contribution is -0.143. The van der Waals surface area contributed by atoms with Gasteiger partial charge in [0, 0.05) is 11.6 Å². The van der Waals surface area contributed by atoms with E-state index in [1.165, 1.54) is 6.07 Å². The van der Waals surface area contributed by atoms with Crippen molar-refractivity contribution in [3.05, 3.63) is 35.4 Å². The SMILES string of the molecule is CC(Cc1c(F)cccc1F)NC(=O)COCC(=O)O. The molecule has 0 aliphatic heterocycles. The summed E-state index contributed by atoms with van der Waals surface area (Å²) in [6, 6.07) is 3.03. The fourth-order valence-electron chi connectivity index (χ4n) is 1.63. The molecule has 1 amide bonds. The fourth-order valence-corrected chi connectivity index (χ4v) is 1.63. The topological polar surface area (TPSA) is 75.6 Å². The fraction of sp³-hybridized carbons (Fsp3) is 0.385. The number of benzene rings is 1. The molecule has 0 saturated carbocycles. The summed E-state index contributed by atoms with van der Waals surface area (Å²) < 4.78 is 31.4. The molecule has 0 aliphatic rings. The molecule has 0 radical (unpaired) electrons. The Kier molecular flexibility index (Phi) is 6.05. The number of halogens is 2. The van der Waals surface area contributed by atoms with Crippen LogP contribution >= 0.6 is 0 Å². The van der Waals surface area contributed by atoms with E-state index in [0.29, 0.717) is 0 Å². The van der Waals surface area contributed by atoms with Crippen LogP contribution in [0.5, 0.6) is 0 Å². The van der Waals surface area contributed by atoms with Gasteiger partial charge in [-0.15, -0.1) is 0 Å². The number of carboxylic acid groups (broad SMARTS) is 1. The van der Waals surface area contributed by atoms with E-state index in [9.17, 15) is 18.4 Å². The van der Waals surface area contributed by atoms with E-state index in [4.69, 9.17) is 5.11 Å². The number of nitrogens with one attached hydrogen (secondary N) is 1. The van der Waals surface area contributed by atoms with Crippen molar-refractivity contribution in [1.29, 1.82) is 0 Å². The van der Waals surface area contributed by atoms with Crippen LogP contribution in [0.25, 0.3) is 0 Å². The maximum absolute atomic E-state index is 13.4. The van der Waals surface area contributed by atoms with E-state index >= 15 is 0 Å². The molecule has 0 saturated heterocycles. The Labute approximate surface area is 114 Å². The minimum atomic E-state index is -1.18. The molecule has 7 heteroatoms. The molecule has 0 heterocycles. The Hall–Kier alpha value is -2.02. The largest absolute Gasteiger partial charge is 0.480 e. The Balaban J connectivity index is 2.45. The van der Waals surface area contributed by atoms with Crippen LogP contribution in [0.1, 0.15) is 12.5 Å². The Morgan fingerprint density at radius 3 is 2.45 bits per heavy atom. The maximum Gasteiger partial charge on any atom is 0.329 e. The molecule has 0 aromatic heterocycles. The van der Waals surface area contributed by atoms with Gasteiger partial charge in [-0.05, 0) is 25.5 Å². The molecule has 0 aliphatic carbocycles. The van der Waals surface area contributed by atoms with Crippen molar-refractivity contribution < 1.29 is 28.2 Å². The van der Waals surface area contributed by atoms with Crippen LogP contribution in [0.15, 0.2) is 18.2 Å². The van der Waals surface area contributed by atoms with Gasteiger partial charge in [-0.1, -0.05) is 6.07 Å². The van der Waals surface area contributed by atoms with Crippen molar-refractivity contribution >= 4 is 11.9 Å². The average Bonchev–Trinajstić information content (AvgIpc) is 2.33. The lowest BCUT2D eigenvalue weighted by Gasteiger charge is -2.14. The van der Waals surface area contributed by atoms with Crippen LogP contribution in [-0.4, -0.2) is 36.2 Å². The number of hydrogen-bond donors (Lipinski definition) is 2. The van der Waals surface area contributed by atoms with E-state index in [1.54, 1.807) is 6.92 Å². The molecule has 0 fully saturated rings. The zero-order valence-electron chi connectivity index (χ0n) is 10.9. The molecule has 2 N–H and O–H groups in total. The summed E-state index contributed by atoms with van der Waals surface area (Å²) in [5.41, 5.74) is -0.105. The van der Waals surface area contributed by atoms with Gasteiger partial charge in [-0.25, -0.2) is 13.6 Å². The number of rotatable bonds is 7. The van der Waals surface area contributed by atoms with E-state index < -0.39 is 42.8 Å². The van der Waals surface area contributed by atoms with Crippen molar-refractivity contribution in [3.63, 3.8) is 0 Å². The van der Waals surface area contributed by atoms with Crippen molar-refractivity contribution in [3.8, 4) is 0 Å². The number of ether oxygens (including phenoxy) is 1. The molecule has 0 bridgehead atoms. The predicted octanol–water partition coefficient (Wildman–Crippen LogP) is 1.11. The standard InChI is InChI=1S/C13H15F2NO4/c1-8(16-12(17)6-20-7-13(18)19)5-9-10(14)3-2-4-11(9)15/h2-4,8H,5-7H2,1H3,(H,16,17)(H,18,19). The lowest BCUT2D eigenvalue weighted by atomic mass is 10.1. The minimum Gasteiger partial charge on any atom is -0.480 e. The van der Waals surface area contributed by atoms with E-state index in [1.807, 2.05) is 0 Å². The molecule has 1 atom stereocenters. The first-order valence-corrected chi connectivity index (χ1v) is 5.92. The van der Waals surface area contributed by atoms with E-state index in [-0.39, 0.29) is 12.0 Å². The third-order valence-corrected chi connectivity index (χ3v) is 2.44. The van der Waals surface area contributed by atoms with Gasteiger partial charge in [0.15, 0.2) is 0 Å². The summed E-state index contributed by atoms with van der Waals surface area (Å²) in [6.07, 6.45) is -0.0107. The van der Waals surface area contributed by atoms with Crippen molar-refractivity contribution in [2.75, 3.05) is 13.2 Å². The predicted molar refractivity (Wildman–Crippen MR) is 66.1 cm³/mol. The van der Waals surface area contributed by atoms with Gasteiger partial charge in [-0.3, -0.25) is 4.79 Å². The zero-order valence-corrected chi connectivity index (χ0v) is 10.9. The van der Waals surface area contributed by atoms with Gasteiger partial charge in [0.25, 0.3) is 0 Å². The van der Waals surface area contributed by atoms with Gasteiger partial charge in [0.05, 0.1) is 0 Å². The third-order valence-electron chi connectivity index (χ3n) is 2.44. The third kappa shape index (κ3) is 5.31. The molecule has 5 nitrogen and oxygen atoms in total. The summed E-state index contributed by atoms with van der Waals surface area (Å²) in [6.45, 7) is 0.584. The average molecular weight is 287 g/mol. The molecule has 1 aromatic rings. The number of amides is 1. The quantitative estimate of drug-likeness (QED) is 0.788. The Bertz CT molecular complexity index is 473. The second-order valence-electron chi connectivity index (χ2n) is 4.26. The number of hydrogen-bond acceptors (Lipinski definition) is 3. The summed E-state index contributed by atoms with van der Waals surface area (Å²) in [5.74, 6) is -3.07. The normalized spacial score (nSPS) is 11.9. The smallest absolute Gasteiger partial charge is 0.329 e. The van der Waals surface area contributed by atoms with Gasteiger partial charge >= 0.3 is 5.97 Å². The highest BCUT2D eigenvalue weighted by Crippen LogP contribution is 2.14. The Morgan fingerprint density at radius 1 is 1.30 bits per heavy atom. The highest BCUT2D eigenvalue weighted by Gasteiger charge is 2.14. The number of carboxylic acids is 1. The van der Waals surface area contributed by atoms with Crippen LogP contribution in [-0.2, 0) is 20.7 Å². The number of aliphatic carboxylic acids is 1. The first kappa shape index (κ1) is 16.0. The molecular formula is C13H15F2NO4. The van der Waals surface area contributed by atoms with Gasteiger partial charge in [0.2, 0.25) is 5.91 Å². The highest BCUT2D eigenvalue weighted by atomic mass is 19.1. The van der Waals surface area contributed by atoms with Crippen molar-refractivity contribution in [1.82, 2.24) is 5.32 Å². The monoisotopic (exact) mass is 287 g/mol. The zero-order chi connectivity index (χ0) is 15.1. The first-order chi connectivity index (χ1) is 9.40. The summed E-state index contributed by atoms with van der Waals surface area (Å²) in [4.78, 5) is 21.6. The van der Waals surface area contributed by atoms with Crippen LogP contribution in [0.3, 0.4) is 0 Å². The molecule has 1 aromatic carbocycles. The minimum absolute atomic E-state index is 0.0107. The summed E-state index contributed by atoms with van der Waals surface area (Å²) in [5, 5.41) is 10.8. The van der Waals surface area contributed by atoms with E-state index in [2.05, 4.69) is 10.1 Å². The Morgan fingerprint density at radius 2 is 1.90 bits per heavy atom. The number of carbonyl (C=O) groups is 2. The van der Waals surface area contributed by atoms with Crippen LogP contribution in [0, 0.1) is 11.6 Å². The molecule has 110 valence electrons.